The van der Waals surface area contributed by atoms with Gasteiger partial charge in [-0.2, -0.15) is 0 Å². The van der Waals surface area contributed by atoms with Crippen LogP contribution < -0.4 is 5.32 Å². The number of thiazole rings is 1. The number of benzene rings is 1. The largest absolute Gasteiger partial charge is 0.382 e. The summed E-state index contributed by atoms with van der Waals surface area (Å²) < 4.78 is 1.29. The lowest BCUT2D eigenvalue weighted by molar-refractivity contribution is 0.276. The number of nitrogens with one attached hydrogen (secondary N) is 1. The minimum absolute atomic E-state index is 0.627. The Balaban J connectivity index is 1.77. The van der Waals surface area contributed by atoms with Crippen LogP contribution in [0.25, 0.3) is 10.2 Å². The molecular weight excluding hydrogens is 252 g/mol. The molecule has 3 rings (SSSR count). The number of rotatable bonds is 2. The lowest BCUT2D eigenvalue weighted by Gasteiger charge is -2.33. The van der Waals surface area contributed by atoms with E-state index in [9.17, 15) is 0 Å². The number of hydrogen-bond donors (Lipinski definition) is 1. The Kier molecular flexibility index (Phi) is 3.48. The van der Waals surface area contributed by atoms with Crippen molar-refractivity contribution in [1.82, 2.24) is 4.98 Å². The maximum absolute atomic E-state index is 4.52. The minimum atomic E-state index is 0.627. The Hall–Kier alpha value is -1.09. The maximum atomic E-state index is 4.52. The molecule has 1 saturated carbocycles. The molecule has 2 aromatic rings. The molecule has 1 aromatic heterocycles. The van der Waals surface area contributed by atoms with Crippen LogP contribution in [0.3, 0.4) is 0 Å². The molecule has 0 spiro atoms. The van der Waals surface area contributed by atoms with Gasteiger partial charge in [-0.3, -0.25) is 0 Å². The zero-order chi connectivity index (χ0) is 13.4. The van der Waals surface area contributed by atoms with Crippen molar-refractivity contribution in [1.29, 1.82) is 0 Å². The van der Waals surface area contributed by atoms with E-state index in [-0.39, 0.29) is 0 Å². The Labute approximate surface area is 119 Å². The summed E-state index contributed by atoms with van der Waals surface area (Å²) >= 11 is 1.78. The van der Waals surface area contributed by atoms with Gasteiger partial charge in [-0.25, -0.2) is 4.98 Å². The fraction of sp³-hybridized carbons (Fsp3) is 0.562. The molecular formula is C16H22N2S. The molecule has 0 radical (unpaired) electrons. The zero-order valence-electron chi connectivity index (χ0n) is 11.9. The molecule has 19 heavy (non-hydrogen) atoms. The van der Waals surface area contributed by atoms with Crippen molar-refractivity contribution >= 4 is 27.2 Å². The summed E-state index contributed by atoms with van der Waals surface area (Å²) in [4.78, 5) is 4.52. The van der Waals surface area contributed by atoms with Crippen molar-refractivity contribution in [3.8, 4) is 0 Å². The van der Waals surface area contributed by atoms with Crippen LogP contribution in [-0.4, -0.2) is 11.0 Å². The van der Waals surface area contributed by atoms with Gasteiger partial charge in [-0.1, -0.05) is 13.8 Å². The number of fused-ring (bicyclic) bond motifs is 1. The highest BCUT2D eigenvalue weighted by Crippen LogP contribution is 2.32. The summed E-state index contributed by atoms with van der Waals surface area (Å²) in [5.74, 6) is 1.65. The predicted molar refractivity (Wildman–Crippen MR) is 83.9 cm³/mol. The van der Waals surface area contributed by atoms with Crippen LogP contribution in [0.15, 0.2) is 18.2 Å². The Bertz CT molecular complexity index is 575. The second-order valence-electron chi connectivity index (χ2n) is 6.06. The number of nitrogens with zero attached hydrogens (tertiary/aromatic N) is 1. The molecule has 1 aliphatic carbocycles. The highest BCUT2D eigenvalue weighted by atomic mass is 32.1. The lowest BCUT2D eigenvalue weighted by atomic mass is 9.80. The first kappa shape index (κ1) is 12.9. The van der Waals surface area contributed by atoms with Crippen LogP contribution in [0.5, 0.6) is 0 Å². The second kappa shape index (κ2) is 5.12. The van der Waals surface area contributed by atoms with E-state index >= 15 is 0 Å². The van der Waals surface area contributed by atoms with E-state index in [4.69, 9.17) is 0 Å². The van der Waals surface area contributed by atoms with Gasteiger partial charge in [-0.05, 0) is 56.2 Å². The van der Waals surface area contributed by atoms with E-state index in [2.05, 4.69) is 49.3 Å². The van der Waals surface area contributed by atoms with Crippen LogP contribution in [0, 0.1) is 18.8 Å². The number of aromatic nitrogens is 1. The highest BCUT2D eigenvalue weighted by molar-refractivity contribution is 7.18. The molecule has 1 aromatic carbocycles. The molecule has 102 valence electrons. The van der Waals surface area contributed by atoms with Gasteiger partial charge in [0.2, 0.25) is 0 Å². The van der Waals surface area contributed by atoms with Crippen molar-refractivity contribution in [3.63, 3.8) is 0 Å². The third-order valence-corrected chi connectivity index (χ3v) is 5.21. The molecule has 3 unspecified atom stereocenters. The molecule has 0 bridgehead atoms. The van der Waals surface area contributed by atoms with Crippen molar-refractivity contribution in [2.45, 2.75) is 46.1 Å². The van der Waals surface area contributed by atoms with Gasteiger partial charge in [0.15, 0.2) is 0 Å². The summed E-state index contributed by atoms with van der Waals surface area (Å²) in [6.45, 7) is 6.82. The summed E-state index contributed by atoms with van der Waals surface area (Å²) in [6.07, 6.45) is 3.99. The van der Waals surface area contributed by atoms with Crippen LogP contribution in [0.1, 0.15) is 38.1 Å². The summed E-state index contributed by atoms with van der Waals surface area (Å²) in [6, 6.07) is 7.19. The van der Waals surface area contributed by atoms with Crippen LogP contribution >= 0.6 is 11.3 Å². The van der Waals surface area contributed by atoms with Gasteiger partial charge < -0.3 is 5.32 Å². The van der Waals surface area contributed by atoms with E-state index in [1.165, 1.54) is 29.6 Å². The smallest absolute Gasteiger partial charge is 0.0907 e. The standard InChI is InChI=1S/C16H22N2S/c1-10-4-6-14(11(2)8-10)18-13-5-7-15-16(9-13)19-12(3)17-15/h5,7,9-11,14,18H,4,6,8H2,1-3H3. The summed E-state index contributed by atoms with van der Waals surface area (Å²) in [7, 11) is 0. The average Bonchev–Trinajstić information content (AvgIpc) is 2.72. The van der Waals surface area contributed by atoms with E-state index in [1.54, 1.807) is 11.3 Å². The number of anilines is 1. The zero-order valence-corrected chi connectivity index (χ0v) is 12.8. The van der Waals surface area contributed by atoms with Gasteiger partial charge in [0.25, 0.3) is 0 Å². The van der Waals surface area contributed by atoms with Gasteiger partial charge >= 0.3 is 0 Å². The van der Waals surface area contributed by atoms with Crippen molar-refractivity contribution in [3.05, 3.63) is 23.2 Å². The van der Waals surface area contributed by atoms with Crippen molar-refractivity contribution in [2.75, 3.05) is 5.32 Å². The highest BCUT2D eigenvalue weighted by Gasteiger charge is 2.25. The van der Waals surface area contributed by atoms with Crippen LogP contribution in [0.4, 0.5) is 5.69 Å². The topological polar surface area (TPSA) is 24.9 Å². The van der Waals surface area contributed by atoms with Gasteiger partial charge in [0.05, 0.1) is 15.2 Å². The fourth-order valence-corrected chi connectivity index (χ4v) is 4.09. The van der Waals surface area contributed by atoms with Crippen molar-refractivity contribution in [2.24, 2.45) is 11.8 Å². The van der Waals surface area contributed by atoms with Crippen LogP contribution in [-0.2, 0) is 0 Å². The maximum Gasteiger partial charge on any atom is 0.0907 e. The first-order valence-electron chi connectivity index (χ1n) is 7.25. The second-order valence-corrected chi connectivity index (χ2v) is 7.30. The fourth-order valence-electron chi connectivity index (χ4n) is 3.22. The van der Waals surface area contributed by atoms with Gasteiger partial charge in [0.1, 0.15) is 0 Å². The molecule has 1 heterocycles. The van der Waals surface area contributed by atoms with E-state index in [0.29, 0.717) is 6.04 Å². The minimum Gasteiger partial charge on any atom is -0.382 e. The quantitative estimate of drug-likeness (QED) is 0.847. The molecule has 0 saturated heterocycles. The first-order chi connectivity index (χ1) is 9.11. The number of aryl methyl sites for hydroxylation is 1. The molecule has 1 aliphatic rings. The Morgan fingerprint density at radius 1 is 1.26 bits per heavy atom. The van der Waals surface area contributed by atoms with E-state index < -0.39 is 0 Å². The molecule has 2 nitrogen and oxygen atoms in total. The summed E-state index contributed by atoms with van der Waals surface area (Å²) in [5.41, 5.74) is 2.38. The average molecular weight is 274 g/mol. The van der Waals surface area contributed by atoms with Crippen LogP contribution in [0.2, 0.25) is 0 Å². The number of hydrogen-bond acceptors (Lipinski definition) is 3. The van der Waals surface area contributed by atoms with E-state index in [0.717, 1.165) is 22.4 Å². The van der Waals surface area contributed by atoms with Gasteiger partial charge in [0, 0.05) is 11.7 Å². The molecule has 1 N–H and O–H groups in total. The normalized spacial score (nSPS) is 27.6. The Morgan fingerprint density at radius 3 is 2.89 bits per heavy atom. The first-order valence-corrected chi connectivity index (χ1v) is 8.07. The predicted octanol–water partition coefficient (Wildman–Crippen LogP) is 4.84. The molecule has 3 heteroatoms. The van der Waals surface area contributed by atoms with Gasteiger partial charge in [-0.15, -0.1) is 11.3 Å². The lowest BCUT2D eigenvalue weighted by Crippen LogP contribution is -2.32. The van der Waals surface area contributed by atoms with E-state index in [1.807, 2.05) is 0 Å². The van der Waals surface area contributed by atoms with Crippen molar-refractivity contribution < 1.29 is 0 Å². The third-order valence-electron chi connectivity index (χ3n) is 4.28. The monoisotopic (exact) mass is 274 g/mol. The molecule has 0 amide bonds. The molecule has 3 atom stereocenters. The molecule has 1 fully saturated rings. The Morgan fingerprint density at radius 2 is 2.11 bits per heavy atom. The third kappa shape index (κ3) is 2.76. The summed E-state index contributed by atoms with van der Waals surface area (Å²) in [5, 5.41) is 4.88. The SMILES string of the molecule is Cc1nc2ccc(NC3CCC(C)CC3C)cc2s1. The molecule has 0 aliphatic heterocycles.